The summed E-state index contributed by atoms with van der Waals surface area (Å²) in [6, 6.07) is 9.52. The van der Waals surface area contributed by atoms with Crippen LogP contribution in [0.4, 0.5) is 11.4 Å². The molecule has 3 heterocycles. The van der Waals surface area contributed by atoms with Crippen LogP contribution in [-0.4, -0.2) is 38.3 Å². The lowest BCUT2D eigenvalue weighted by Gasteiger charge is -2.36. The van der Waals surface area contributed by atoms with Crippen molar-refractivity contribution < 1.29 is 24.4 Å². The molecular weight excluding hydrogens is 416 g/mol. The number of carbonyl (C=O) groups is 3. The zero-order valence-corrected chi connectivity index (χ0v) is 17.5. The van der Waals surface area contributed by atoms with Gasteiger partial charge in [-0.1, -0.05) is 32.4 Å². The zero-order valence-electron chi connectivity index (χ0n) is 17.5. The number of amides is 2. The summed E-state index contributed by atoms with van der Waals surface area (Å²) in [5, 5.41) is 24.6. The fraction of sp³-hybridized carbons (Fsp3) is 0.364. The van der Waals surface area contributed by atoms with E-state index in [-0.39, 0.29) is 11.4 Å². The molecule has 0 spiro atoms. The number of carboxylic acid groups (broad SMARTS) is 1. The van der Waals surface area contributed by atoms with Crippen LogP contribution in [0.15, 0.2) is 48.7 Å². The van der Waals surface area contributed by atoms with Gasteiger partial charge in [-0.15, -0.1) is 0 Å². The van der Waals surface area contributed by atoms with E-state index in [0.29, 0.717) is 12.1 Å². The van der Waals surface area contributed by atoms with Crippen LogP contribution >= 0.6 is 0 Å². The number of anilines is 1. The van der Waals surface area contributed by atoms with Gasteiger partial charge in [0.05, 0.1) is 34.2 Å². The summed E-state index contributed by atoms with van der Waals surface area (Å²) < 4.78 is 0. The Bertz CT molecular complexity index is 1110. The Morgan fingerprint density at radius 3 is 2.62 bits per heavy atom. The Morgan fingerprint density at radius 1 is 1.28 bits per heavy atom. The maximum atomic E-state index is 13.6. The summed E-state index contributed by atoms with van der Waals surface area (Å²) in [4.78, 5) is 55.6. The number of nitrogens with one attached hydrogen (secondary N) is 1. The van der Waals surface area contributed by atoms with Gasteiger partial charge >= 0.3 is 5.97 Å². The fourth-order valence-corrected chi connectivity index (χ4v) is 4.94. The highest BCUT2D eigenvalue weighted by molar-refractivity contribution is 6.24. The number of non-ortho nitro benzene ring substituents is 1. The van der Waals surface area contributed by atoms with Crippen LogP contribution in [0.1, 0.15) is 32.0 Å². The smallest absolute Gasteiger partial charge is 0.325 e. The number of fused-ring (bicyclic) bond motifs is 1. The van der Waals surface area contributed by atoms with E-state index in [1.54, 1.807) is 25.1 Å². The summed E-state index contributed by atoms with van der Waals surface area (Å²) in [7, 11) is 0. The highest BCUT2D eigenvalue weighted by Crippen LogP contribution is 2.52. The average molecular weight is 438 g/mol. The Balaban J connectivity index is 1.88. The molecule has 5 unspecified atom stereocenters. The lowest BCUT2D eigenvalue weighted by atomic mass is 9.72. The molecular formula is C22H22N4O6. The monoisotopic (exact) mass is 438 g/mol. The molecule has 2 aliphatic heterocycles. The molecule has 0 aliphatic carbocycles. The second-order valence-corrected chi connectivity index (χ2v) is 8.15. The summed E-state index contributed by atoms with van der Waals surface area (Å²) in [5.41, 5.74) is -1.46. The SMILES string of the molecule is CCC(C)C1(C(=O)O)NC(c2ccccn2)C2C(=O)N(c3cccc([N+](=O)[O-])c3)C(=O)C21. The molecule has 5 atom stereocenters. The van der Waals surface area contributed by atoms with Gasteiger partial charge in [0, 0.05) is 18.3 Å². The Morgan fingerprint density at radius 2 is 2.03 bits per heavy atom. The predicted octanol–water partition coefficient (Wildman–Crippen LogP) is 2.31. The van der Waals surface area contributed by atoms with Gasteiger partial charge in [-0.25, -0.2) is 4.90 Å². The van der Waals surface area contributed by atoms with E-state index in [2.05, 4.69) is 10.3 Å². The standard InChI is InChI=1S/C22H22N4O6/c1-3-12(2)22(21(29)30)17-16(18(24-22)15-9-4-5-10-23-15)19(27)25(20(17)28)13-7-6-8-14(11-13)26(31)32/h4-12,16-18,24H,3H2,1-2H3,(H,29,30). The molecule has 4 rings (SSSR count). The Hall–Kier alpha value is -3.66. The van der Waals surface area contributed by atoms with Gasteiger partial charge in [0.25, 0.3) is 5.69 Å². The highest BCUT2D eigenvalue weighted by Gasteiger charge is 2.70. The molecule has 2 fully saturated rings. The number of aliphatic carboxylic acids is 1. The van der Waals surface area contributed by atoms with E-state index < -0.39 is 52.0 Å². The number of rotatable bonds is 6. The van der Waals surface area contributed by atoms with Gasteiger partial charge in [0.2, 0.25) is 11.8 Å². The number of hydrogen-bond acceptors (Lipinski definition) is 7. The molecule has 1 aromatic carbocycles. The molecule has 0 saturated carbocycles. The van der Waals surface area contributed by atoms with Gasteiger partial charge in [-0.2, -0.15) is 0 Å². The van der Waals surface area contributed by atoms with Gasteiger partial charge in [0.1, 0.15) is 5.54 Å². The van der Waals surface area contributed by atoms with Crippen LogP contribution in [0, 0.1) is 27.9 Å². The maximum Gasteiger partial charge on any atom is 0.325 e. The Labute approximate surface area is 183 Å². The van der Waals surface area contributed by atoms with Crippen LogP contribution in [0.25, 0.3) is 0 Å². The minimum Gasteiger partial charge on any atom is -0.480 e. The fourth-order valence-electron chi connectivity index (χ4n) is 4.94. The average Bonchev–Trinajstić information content (AvgIpc) is 3.28. The van der Waals surface area contributed by atoms with Crippen LogP contribution in [0.5, 0.6) is 0 Å². The van der Waals surface area contributed by atoms with Crippen LogP contribution < -0.4 is 10.2 Å². The molecule has 2 aromatic rings. The summed E-state index contributed by atoms with van der Waals surface area (Å²) in [5.74, 6) is -5.19. The van der Waals surface area contributed by atoms with E-state index in [1.807, 2.05) is 6.92 Å². The van der Waals surface area contributed by atoms with Crippen LogP contribution in [0.2, 0.25) is 0 Å². The van der Waals surface area contributed by atoms with E-state index in [4.69, 9.17) is 0 Å². The number of nitrogens with zero attached hydrogens (tertiary/aromatic N) is 3. The number of carboxylic acids is 1. The van der Waals surface area contributed by atoms with Crippen molar-refractivity contribution in [2.24, 2.45) is 17.8 Å². The minimum atomic E-state index is -1.69. The third kappa shape index (κ3) is 2.98. The number of carbonyl (C=O) groups excluding carboxylic acids is 2. The summed E-state index contributed by atoms with van der Waals surface area (Å²) >= 11 is 0. The van der Waals surface area contributed by atoms with Crippen molar-refractivity contribution in [3.8, 4) is 0 Å². The highest BCUT2D eigenvalue weighted by atomic mass is 16.6. The molecule has 10 heteroatoms. The quantitative estimate of drug-likeness (QED) is 0.397. The van der Waals surface area contributed by atoms with Crippen LogP contribution in [0.3, 0.4) is 0 Å². The molecule has 166 valence electrons. The number of nitro groups is 1. The molecule has 32 heavy (non-hydrogen) atoms. The van der Waals surface area contributed by atoms with Crippen molar-refractivity contribution in [1.82, 2.24) is 10.3 Å². The molecule has 10 nitrogen and oxygen atoms in total. The number of imide groups is 1. The minimum absolute atomic E-state index is 0.0480. The molecule has 0 radical (unpaired) electrons. The second-order valence-electron chi connectivity index (χ2n) is 8.15. The number of aromatic nitrogens is 1. The van der Waals surface area contributed by atoms with E-state index in [0.717, 1.165) is 11.0 Å². The zero-order chi connectivity index (χ0) is 23.2. The van der Waals surface area contributed by atoms with Crippen LogP contribution in [-0.2, 0) is 14.4 Å². The first-order chi connectivity index (χ1) is 15.2. The third-order valence-corrected chi connectivity index (χ3v) is 6.64. The van der Waals surface area contributed by atoms with Gasteiger partial charge < -0.3 is 5.11 Å². The summed E-state index contributed by atoms with van der Waals surface area (Å²) in [6.45, 7) is 3.55. The van der Waals surface area contributed by atoms with Gasteiger partial charge in [-0.3, -0.25) is 34.8 Å². The first-order valence-corrected chi connectivity index (χ1v) is 10.3. The third-order valence-electron chi connectivity index (χ3n) is 6.64. The molecule has 2 saturated heterocycles. The molecule has 2 aliphatic rings. The Kier molecular flexibility index (Phi) is 5.25. The first kappa shape index (κ1) is 21.6. The topological polar surface area (TPSA) is 143 Å². The number of hydrogen-bond donors (Lipinski definition) is 2. The van der Waals surface area contributed by atoms with Crippen molar-refractivity contribution in [1.29, 1.82) is 0 Å². The van der Waals surface area contributed by atoms with Crippen molar-refractivity contribution in [2.45, 2.75) is 31.8 Å². The van der Waals surface area contributed by atoms with Crippen molar-refractivity contribution >= 4 is 29.2 Å². The van der Waals surface area contributed by atoms with Crippen molar-refractivity contribution in [2.75, 3.05) is 4.90 Å². The van der Waals surface area contributed by atoms with E-state index >= 15 is 0 Å². The largest absolute Gasteiger partial charge is 0.480 e. The second kappa shape index (κ2) is 7.79. The van der Waals surface area contributed by atoms with Gasteiger partial charge in [0.15, 0.2) is 0 Å². The van der Waals surface area contributed by atoms with Crippen molar-refractivity contribution in [3.05, 3.63) is 64.5 Å². The lowest BCUT2D eigenvalue weighted by Crippen LogP contribution is -2.59. The lowest BCUT2D eigenvalue weighted by molar-refractivity contribution is -0.384. The number of pyridine rings is 1. The number of nitro benzene ring substituents is 1. The van der Waals surface area contributed by atoms with E-state index in [1.165, 1.54) is 24.4 Å². The van der Waals surface area contributed by atoms with Crippen molar-refractivity contribution in [3.63, 3.8) is 0 Å². The normalized spacial score (nSPS) is 27.9. The predicted molar refractivity (Wildman–Crippen MR) is 113 cm³/mol. The number of benzene rings is 1. The maximum absolute atomic E-state index is 13.6. The summed E-state index contributed by atoms with van der Waals surface area (Å²) in [6.07, 6.45) is 1.99. The first-order valence-electron chi connectivity index (χ1n) is 10.3. The van der Waals surface area contributed by atoms with E-state index in [9.17, 15) is 29.6 Å². The molecule has 1 aromatic heterocycles. The molecule has 2 N–H and O–H groups in total. The molecule has 2 amide bonds. The van der Waals surface area contributed by atoms with Gasteiger partial charge in [-0.05, 0) is 24.1 Å². The molecule has 0 bridgehead atoms.